The van der Waals surface area contributed by atoms with Gasteiger partial charge in [-0.2, -0.15) is 0 Å². The van der Waals surface area contributed by atoms with Crippen LogP contribution in [0.3, 0.4) is 0 Å². The molecule has 0 heterocycles. The van der Waals surface area contributed by atoms with E-state index in [2.05, 4.69) is 0 Å². The summed E-state index contributed by atoms with van der Waals surface area (Å²) in [6.45, 7) is 0. The van der Waals surface area contributed by atoms with E-state index in [1.807, 2.05) is 0 Å². The van der Waals surface area contributed by atoms with Crippen LogP contribution in [0.2, 0.25) is 0 Å². The summed E-state index contributed by atoms with van der Waals surface area (Å²) in [7, 11) is 0. The Hall–Kier alpha value is -1.12. The smallest absolute Gasteiger partial charge is 0.148 e. The van der Waals surface area contributed by atoms with Crippen molar-refractivity contribution >= 4 is 5.69 Å². The lowest BCUT2D eigenvalue weighted by atomic mass is 10.3. The largest absolute Gasteiger partial charge is 0.298 e. The van der Waals surface area contributed by atoms with Crippen molar-refractivity contribution in [2.45, 2.75) is 0 Å². The van der Waals surface area contributed by atoms with E-state index in [0.717, 1.165) is 18.2 Å². The van der Waals surface area contributed by atoms with Gasteiger partial charge in [0, 0.05) is 6.07 Å². The third-order valence-corrected chi connectivity index (χ3v) is 0.928. The molecule has 0 fully saturated rings. The Bertz CT molecular complexity index is 222. The first-order valence-electron chi connectivity index (χ1n) is 2.37. The summed E-state index contributed by atoms with van der Waals surface area (Å²) in [6, 6.07) is 2.74. The number of hydrogen-bond donors (Lipinski definition) is 0. The fourth-order valence-corrected chi connectivity index (χ4v) is 0.497. The van der Waals surface area contributed by atoms with Gasteiger partial charge in [0.1, 0.15) is 11.6 Å². The van der Waals surface area contributed by atoms with Crippen molar-refractivity contribution in [3.05, 3.63) is 29.8 Å². The predicted octanol–water partition coefficient (Wildman–Crippen LogP) is 1.88. The van der Waals surface area contributed by atoms with Crippen molar-refractivity contribution in [1.29, 1.82) is 0 Å². The Morgan fingerprint density at radius 1 is 1.22 bits per heavy atom. The van der Waals surface area contributed by atoms with Gasteiger partial charge >= 0.3 is 0 Å². The van der Waals surface area contributed by atoms with Crippen molar-refractivity contribution in [3.8, 4) is 0 Å². The van der Waals surface area contributed by atoms with Crippen molar-refractivity contribution < 1.29 is 8.78 Å². The second-order valence-electron chi connectivity index (χ2n) is 1.62. The molecule has 1 nitrogen and oxygen atoms in total. The molecule has 0 bridgehead atoms. The van der Waals surface area contributed by atoms with E-state index < -0.39 is 17.3 Å². The molecule has 0 amide bonds. The van der Waals surface area contributed by atoms with Gasteiger partial charge in [0.05, 0.1) is 5.69 Å². The number of rotatable bonds is 0. The number of halogens is 2. The summed E-state index contributed by atoms with van der Waals surface area (Å²) in [5.74, 6) is -1.28. The average Bonchev–Trinajstić information content (AvgIpc) is 1.80. The zero-order valence-electron chi connectivity index (χ0n) is 4.49. The Labute approximate surface area is 51.1 Å². The van der Waals surface area contributed by atoms with Gasteiger partial charge in [-0.15, -0.1) is 0 Å². The lowest BCUT2D eigenvalue weighted by Crippen LogP contribution is -1.79. The predicted molar refractivity (Wildman–Crippen MR) is 29.1 cm³/mol. The molecule has 9 heavy (non-hydrogen) atoms. The summed E-state index contributed by atoms with van der Waals surface area (Å²) in [6.07, 6.45) is 0. The maximum Gasteiger partial charge on any atom is 0.148 e. The molecule has 0 aliphatic heterocycles. The molecule has 0 atom stereocenters. The van der Waals surface area contributed by atoms with E-state index in [-0.39, 0.29) is 0 Å². The first-order chi connectivity index (χ1) is 4.20. The topological polar surface area (TPSA) is 23.8 Å². The highest BCUT2D eigenvalue weighted by molar-refractivity contribution is 5.35. The molecule has 0 unspecified atom stereocenters. The van der Waals surface area contributed by atoms with Gasteiger partial charge in [0.15, 0.2) is 0 Å². The van der Waals surface area contributed by atoms with Gasteiger partial charge in [-0.3, -0.25) is 5.73 Å². The Kier molecular flexibility index (Phi) is 1.34. The van der Waals surface area contributed by atoms with Crippen LogP contribution in [-0.2, 0) is 0 Å². The SMILES string of the molecule is [NH]c1cc(F)ccc1F. The fraction of sp³-hybridized carbons (Fsp3) is 0. The van der Waals surface area contributed by atoms with E-state index >= 15 is 0 Å². The average molecular weight is 128 g/mol. The maximum atomic E-state index is 12.1. The summed E-state index contributed by atoms with van der Waals surface area (Å²) >= 11 is 0. The lowest BCUT2D eigenvalue weighted by molar-refractivity contribution is 0.601. The first kappa shape index (κ1) is 6.01. The van der Waals surface area contributed by atoms with E-state index in [9.17, 15) is 8.78 Å². The highest BCUT2D eigenvalue weighted by Crippen LogP contribution is 2.11. The van der Waals surface area contributed by atoms with Gasteiger partial charge in [0.2, 0.25) is 0 Å². The second-order valence-corrected chi connectivity index (χ2v) is 1.62. The van der Waals surface area contributed by atoms with Crippen LogP contribution in [0.5, 0.6) is 0 Å². The molecule has 0 aliphatic rings. The zero-order valence-corrected chi connectivity index (χ0v) is 4.49. The molecule has 1 aromatic carbocycles. The normalized spacial score (nSPS) is 9.56. The van der Waals surface area contributed by atoms with Crippen LogP contribution in [0.1, 0.15) is 0 Å². The summed E-state index contributed by atoms with van der Waals surface area (Å²) in [4.78, 5) is 0. The minimum atomic E-state index is -0.698. The Morgan fingerprint density at radius 2 is 1.89 bits per heavy atom. The minimum Gasteiger partial charge on any atom is -0.298 e. The maximum absolute atomic E-state index is 12.1. The third-order valence-electron chi connectivity index (χ3n) is 0.928. The van der Waals surface area contributed by atoms with Gasteiger partial charge in [-0.25, -0.2) is 8.78 Å². The molecule has 0 saturated heterocycles. The summed E-state index contributed by atoms with van der Waals surface area (Å²) in [5.41, 5.74) is 6.34. The van der Waals surface area contributed by atoms with Crippen LogP contribution in [-0.4, -0.2) is 0 Å². The molecule has 0 aliphatic carbocycles. The van der Waals surface area contributed by atoms with Crippen LogP contribution in [0, 0.1) is 11.6 Å². The van der Waals surface area contributed by atoms with Gasteiger partial charge in [-0.1, -0.05) is 0 Å². The number of benzene rings is 1. The van der Waals surface area contributed by atoms with Crippen molar-refractivity contribution in [2.24, 2.45) is 0 Å². The first-order valence-corrected chi connectivity index (χ1v) is 2.37. The van der Waals surface area contributed by atoms with Crippen molar-refractivity contribution in [3.63, 3.8) is 0 Å². The molecule has 47 valence electrons. The van der Waals surface area contributed by atoms with Crippen molar-refractivity contribution in [1.82, 2.24) is 5.73 Å². The highest BCUT2D eigenvalue weighted by atomic mass is 19.1. The molecule has 1 N–H and O–H groups in total. The zero-order chi connectivity index (χ0) is 6.85. The molecular weight excluding hydrogens is 124 g/mol. The van der Waals surface area contributed by atoms with Gasteiger partial charge in [0.25, 0.3) is 0 Å². The van der Waals surface area contributed by atoms with Crippen LogP contribution < -0.4 is 5.73 Å². The fourth-order valence-electron chi connectivity index (χ4n) is 0.497. The van der Waals surface area contributed by atoms with Crippen LogP contribution in [0.25, 0.3) is 0 Å². The van der Waals surface area contributed by atoms with E-state index in [0.29, 0.717) is 0 Å². The van der Waals surface area contributed by atoms with Gasteiger partial charge in [-0.05, 0) is 12.1 Å². The summed E-state index contributed by atoms with van der Waals surface area (Å²) < 4.78 is 24.2. The monoisotopic (exact) mass is 128 g/mol. The van der Waals surface area contributed by atoms with Crippen molar-refractivity contribution in [2.75, 3.05) is 0 Å². The van der Waals surface area contributed by atoms with Gasteiger partial charge < -0.3 is 0 Å². The third kappa shape index (κ3) is 1.16. The van der Waals surface area contributed by atoms with E-state index in [4.69, 9.17) is 5.73 Å². The molecular formula is C6H4F2N. The molecule has 1 rings (SSSR count). The molecule has 1 aromatic rings. The summed E-state index contributed by atoms with van der Waals surface area (Å²) in [5, 5.41) is 0. The second kappa shape index (κ2) is 2.01. The van der Waals surface area contributed by atoms with Crippen LogP contribution >= 0.6 is 0 Å². The van der Waals surface area contributed by atoms with Crippen LogP contribution in [0.4, 0.5) is 14.5 Å². The molecule has 0 saturated carbocycles. The van der Waals surface area contributed by atoms with Crippen LogP contribution in [0.15, 0.2) is 18.2 Å². The number of hydrogen-bond acceptors (Lipinski definition) is 0. The Balaban J connectivity index is 3.17. The minimum absolute atomic E-state index is 0.407. The van der Waals surface area contributed by atoms with E-state index in [1.54, 1.807) is 0 Å². The number of nitrogens with one attached hydrogen (secondary N) is 1. The molecule has 1 radical (unpaired) electrons. The molecule has 3 heteroatoms. The molecule has 0 aromatic heterocycles. The Morgan fingerprint density at radius 3 is 2.33 bits per heavy atom. The molecule has 0 spiro atoms. The standard InChI is InChI=1S/C6H4F2N/c7-4-1-2-5(8)6(9)3-4/h1-3,9H. The lowest BCUT2D eigenvalue weighted by Gasteiger charge is -1.91. The van der Waals surface area contributed by atoms with E-state index in [1.165, 1.54) is 0 Å². The quantitative estimate of drug-likeness (QED) is 0.509. The highest BCUT2D eigenvalue weighted by Gasteiger charge is 1.97.